The lowest BCUT2D eigenvalue weighted by atomic mass is 10.0. The summed E-state index contributed by atoms with van der Waals surface area (Å²) in [5.74, 6) is 2.66. The third-order valence-corrected chi connectivity index (χ3v) is 6.01. The predicted octanol–water partition coefficient (Wildman–Crippen LogP) is 3.50. The molecule has 4 rings (SSSR count). The number of aliphatic hydroxyl groups is 1. The monoisotopic (exact) mass is 445 g/mol. The minimum atomic E-state index is -0.329. The van der Waals surface area contributed by atoms with Crippen LogP contribution in [0, 0.1) is 12.3 Å². The molecule has 0 bridgehead atoms. The maximum atomic E-state index is 12.5. The molecule has 0 fully saturated rings. The number of aryl methyl sites for hydroxylation is 1. The Kier molecular flexibility index (Phi) is 6.76. The summed E-state index contributed by atoms with van der Waals surface area (Å²) in [6.07, 6.45) is 9.18. The Balaban J connectivity index is 1.64. The topological polar surface area (TPSA) is 95.5 Å². The maximum absolute atomic E-state index is 12.5. The fraction of sp³-hybridized carbons (Fsp3) is 0.346. The van der Waals surface area contributed by atoms with Gasteiger partial charge in [-0.05, 0) is 66.8 Å². The molecule has 7 heteroatoms. The number of carbonyl (C=O) groups is 1. The van der Waals surface area contributed by atoms with E-state index in [4.69, 9.17) is 11.2 Å². The maximum Gasteiger partial charge on any atom is 0.338 e. The smallest absolute Gasteiger partial charge is 0.338 e. The summed E-state index contributed by atoms with van der Waals surface area (Å²) in [4.78, 5) is 33.8. The highest BCUT2D eigenvalue weighted by molar-refractivity contribution is 5.90. The number of rotatable bonds is 8. The van der Waals surface area contributed by atoms with Crippen molar-refractivity contribution in [2.24, 2.45) is 0 Å². The number of unbranched alkanes of at least 4 members (excludes halogenated alkanes) is 1. The van der Waals surface area contributed by atoms with E-state index in [9.17, 15) is 14.7 Å². The number of nitrogens with one attached hydrogen (secondary N) is 1. The van der Waals surface area contributed by atoms with Gasteiger partial charge in [0, 0.05) is 5.69 Å². The third-order valence-electron chi connectivity index (χ3n) is 6.01. The molecular weight excluding hydrogens is 418 g/mol. The number of ether oxygens (including phenoxy) is 1. The SMILES string of the molecule is C#CCN(c1ccc(C(=O)OCCCC)cc1)C1CCc2cc3nc(CO)[nH]c(=O)c3cc21. The highest BCUT2D eigenvalue weighted by atomic mass is 16.5. The molecule has 0 radical (unpaired) electrons. The van der Waals surface area contributed by atoms with E-state index in [-0.39, 0.29) is 30.0 Å². The second-order valence-corrected chi connectivity index (χ2v) is 8.16. The first-order valence-corrected chi connectivity index (χ1v) is 11.2. The average molecular weight is 446 g/mol. The molecule has 0 amide bonds. The van der Waals surface area contributed by atoms with Crippen molar-refractivity contribution < 1.29 is 14.6 Å². The van der Waals surface area contributed by atoms with Gasteiger partial charge < -0.3 is 19.7 Å². The van der Waals surface area contributed by atoms with E-state index in [1.54, 1.807) is 12.1 Å². The largest absolute Gasteiger partial charge is 0.462 e. The van der Waals surface area contributed by atoms with Gasteiger partial charge in [-0.25, -0.2) is 9.78 Å². The Bertz CT molecular complexity index is 1260. The number of nitrogens with zero attached hydrogens (tertiary/aromatic N) is 2. The Morgan fingerprint density at radius 2 is 2.12 bits per heavy atom. The number of esters is 1. The van der Waals surface area contributed by atoms with E-state index in [1.807, 2.05) is 31.2 Å². The van der Waals surface area contributed by atoms with Crippen molar-refractivity contribution >= 4 is 22.6 Å². The first-order valence-electron chi connectivity index (χ1n) is 11.2. The van der Waals surface area contributed by atoms with Crippen LogP contribution in [0.5, 0.6) is 0 Å². The number of hydrogen-bond acceptors (Lipinski definition) is 6. The van der Waals surface area contributed by atoms with E-state index >= 15 is 0 Å². The van der Waals surface area contributed by atoms with Crippen LogP contribution in [0.1, 0.15) is 59.5 Å². The lowest BCUT2D eigenvalue weighted by Crippen LogP contribution is -2.28. The number of aromatic amines is 1. The van der Waals surface area contributed by atoms with Gasteiger partial charge >= 0.3 is 5.97 Å². The molecule has 0 aliphatic heterocycles. The van der Waals surface area contributed by atoms with Gasteiger partial charge in [0.05, 0.1) is 35.7 Å². The molecule has 1 aliphatic rings. The molecule has 7 nitrogen and oxygen atoms in total. The van der Waals surface area contributed by atoms with Crippen molar-refractivity contribution in [3.05, 3.63) is 69.3 Å². The molecule has 1 atom stereocenters. The number of anilines is 1. The molecule has 1 heterocycles. The van der Waals surface area contributed by atoms with Gasteiger partial charge in [0.15, 0.2) is 0 Å². The van der Waals surface area contributed by atoms with Crippen LogP contribution in [0.15, 0.2) is 41.2 Å². The van der Waals surface area contributed by atoms with Crippen LogP contribution in [-0.2, 0) is 17.8 Å². The predicted molar refractivity (Wildman–Crippen MR) is 127 cm³/mol. The van der Waals surface area contributed by atoms with Crippen LogP contribution in [0.2, 0.25) is 0 Å². The minimum Gasteiger partial charge on any atom is -0.462 e. The number of hydrogen-bond donors (Lipinski definition) is 2. The molecule has 1 aliphatic carbocycles. The van der Waals surface area contributed by atoms with Crippen LogP contribution in [0.25, 0.3) is 10.9 Å². The second kappa shape index (κ2) is 9.88. The van der Waals surface area contributed by atoms with Crippen molar-refractivity contribution in [2.75, 3.05) is 18.1 Å². The number of fused-ring (bicyclic) bond motifs is 2. The molecule has 0 spiro atoms. The molecule has 2 aromatic carbocycles. The standard InChI is InChI=1S/C26H27N3O4/c1-3-5-13-33-26(32)17-6-9-19(10-7-17)29(12-4-2)23-11-8-18-14-22-21(15-20(18)23)25(31)28-24(16-30)27-22/h2,6-7,9-10,14-15,23,30H,3,5,8,11-13,16H2,1H3,(H,27,28,31). The van der Waals surface area contributed by atoms with Crippen molar-refractivity contribution in [1.82, 2.24) is 9.97 Å². The minimum absolute atomic E-state index is 0.000255. The number of benzene rings is 2. The average Bonchev–Trinajstić information content (AvgIpc) is 3.24. The van der Waals surface area contributed by atoms with Crippen molar-refractivity contribution in [3.8, 4) is 12.3 Å². The summed E-state index contributed by atoms with van der Waals surface area (Å²) >= 11 is 0. The summed E-state index contributed by atoms with van der Waals surface area (Å²) in [6.45, 7) is 2.54. The molecule has 0 saturated carbocycles. The fourth-order valence-electron chi connectivity index (χ4n) is 4.33. The van der Waals surface area contributed by atoms with Gasteiger partial charge in [0.25, 0.3) is 5.56 Å². The first-order chi connectivity index (χ1) is 16.0. The number of H-pyrrole nitrogens is 1. The van der Waals surface area contributed by atoms with Gasteiger partial charge in [0.1, 0.15) is 12.4 Å². The van der Waals surface area contributed by atoms with Crippen LogP contribution < -0.4 is 10.5 Å². The van der Waals surface area contributed by atoms with Gasteiger partial charge in [-0.1, -0.05) is 19.3 Å². The van der Waals surface area contributed by atoms with Gasteiger partial charge in [0.2, 0.25) is 0 Å². The molecule has 33 heavy (non-hydrogen) atoms. The molecule has 1 unspecified atom stereocenters. The number of carbonyl (C=O) groups excluding carboxylic acids is 1. The van der Waals surface area contributed by atoms with E-state index < -0.39 is 0 Å². The molecular formula is C26H27N3O4. The lowest BCUT2D eigenvalue weighted by molar-refractivity contribution is 0.0500. The van der Waals surface area contributed by atoms with E-state index in [2.05, 4.69) is 20.8 Å². The van der Waals surface area contributed by atoms with E-state index in [0.717, 1.165) is 42.5 Å². The zero-order valence-electron chi connectivity index (χ0n) is 18.6. The fourth-order valence-corrected chi connectivity index (χ4v) is 4.33. The van der Waals surface area contributed by atoms with Crippen molar-refractivity contribution in [1.29, 1.82) is 0 Å². The summed E-state index contributed by atoms with van der Waals surface area (Å²) < 4.78 is 5.29. The zero-order valence-corrected chi connectivity index (χ0v) is 18.6. The second-order valence-electron chi connectivity index (χ2n) is 8.16. The normalized spacial score (nSPS) is 14.6. The number of aliphatic hydroxyl groups excluding tert-OH is 1. The lowest BCUT2D eigenvalue weighted by Gasteiger charge is -2.30. The Labute approximate surface area is 192 Å². The van der Waals surface area contributed by atoms with Crippen LogP contribution in [0.3, 0.4) is 0 Å². The van der Waals surface area contributed by atoms with Crippen LogP contribution >= 0.6 is 0 Å². The Morgan fingerprint density at radius 1 is 1.33 bits per heavy atom. The van der Waals surface area contributed by atoms with Gasteiger partial charge in [-0.2, -0.15) is 0 Å². The Hall–Kier alpha value is -3.63. The van der Waals surface area contributed by atoms with Crippen LogP contribution in [0.4, 0.5) is 5.69 Å². The highest BCUT2D eigenvalue weighted by Gasteiger charge is 2.29. The molecule has 170 valence electrons. The van der Waals surface area contributed by atoms with E-state index in [1.165, 1.54) is 0 Å². The number of aromatic nitrogens is 2. The quantitative estimate of drug-likeness (QED) is 0.313. The van der Waals surface area contributed by atoms with E-state index in [0.29, 0.717) is 29.6 Å². The number of terminal acetylenes is 1. The first kappa shape index (κ1) is 22.6. The van der Waals surface area contributed by atoms with Crippen molar-refractivity contribution in [3.63, 3.8) is 0 Å². The summed E-state index contributed by atoms with van der Waals surface area (Å²) in [5, 5.41) is 9.83. The molecule has 3 aromatic rings. The summed E-state index contributed by atoms with van der Waals surface area (Å²) in [6, 6.07) is 11.1. The molecule has 0 saturated heterocycles. The third kappa shape index (κ3) is 4.62. The van der Waals surface area contributed by atoms with Crippen LogP contribution in [-0.4, -0.2) is 34.2 Å². The Morgan fingerprint density at radius 3 is 2.82 bits per heavy atom. The van der Waals surface area contributed by atoms with Crippen molar-refractivity contribution in [2.45, 2.75) is 45.3 Å². The summed E-state index contributed by atoms with van der Waals surface area (Å²) in [5.41, 5.74) is 3.88. The van der Waals surface area contributed by atoms with Gasteiger partial charge in [-0.3, -0.25) is 4.79 Å². The highest BCUT2D eigenvalue weighted by Crippen LogP contribution is 2.39. The zero-order chi connectivity index (χ0) is 23.4. The van der Waals surface area contributed by atoms with Gasteiger partial charge in [-0.15, -0.1) is 6.42 Å². The molecule has 2 N–H and O–H groups in total. The molecule has 1 aromatic heterocycles. The summed E-state index contributed by atoms with van der Waals surface area (Å²) in [7, 11) is 0.